The number of allylic oxidation sites excluding steroid dienone is 1. The molecule has 1 rings (SSSR count). The van der Waals surface area contributed by atoms with Crippen molar-refractivity contribution in [2.45, 2.75) is 13.5 Å². The lowest BCUT2D eigenvalue weighted by atomic mass is 10.3. The molecular weight excluding hydrogens is 227 g/mol. The lowest BCUT2D eigenvalue weighted by Crippen LogP contribution is -2.10. The van der Waals surface area contributed by atoms with Crippen LogP contribution < -0.4 is 0 Å². The first-order chi connectivity index (χ1) is 6.52. The smallest absolute Gasteiger partial charge is 0.354 e. The van der Waals surface area contributed by atoms with E-state index < -0.39 is 5.97 Å². The maximum absolute atomic E-state index is 10.8. The molecule has 0 spiro atoms. The second-order valence-electron chi connectivity index (χ2n) is 2.66. The quantitative estimate of drug-likeness (QED) is 0.873. The van der Waals surface area contributed by atoms with Gasteiger partial charge in [-0.05, 0) is 13.0 Å². The molecule has 0 fully saturated rings. The molecule has 4 nitrogen and oxygen atoms in total. The van der Waals surface area contributed by atoms with Gasteiger partial charge in [-0.1, -0.05) is 23.2 Å². The molecular formula is C8H8Cl2N2O2. The van der Waals surface area contributed by atoms with Crippen LogP contribution in [-0.2, 0) is 6.54 Å². The summed E-state index contributed by atoms with van der Waals surface area (Å²) in [5.41, 5.74) is 0.757. The lowest BCUT2D eigenvalue weighted by Gasteiger charge is -2.00. The molecule has 0 radical (unpaired) electrons. The SMILES string of the molecule is Cc1cnn(CC=C(Cl)Cl)c1C(=O)O. The summed E-state index contributed by atoms with van der Waals surface area (Å²) >= 11 is 10.8. The fourth-order valence-corrected chi connectivity index (χ4v) is 1.19. The Morgan fingerprint density at radius 2 is 2.36 bits per heavy atom. The fraction of sp³-hybridized carbons (Fsp3) is 0.250. The molecule has 1 heterocycles. The number of nitrogens with zero attached hydrogens (tertiary/aromatic N) is 2. The Morgan fingerprint density at radius 3 is 2.86 bits per heavy atom. The van der Waals surface area contributed by atoms with E-state index in [1.54, 1.807) is 6.92 Å². The van der Waals surface area contributed by atoms with Crippen LogP contribution in [0, 0.1) is 6.92 Å². The molecule has 0 amide bonds. The van der Waals surface area contributed by atoms with Crippen LogP contribution >= 0.6 is 23.2 Å². The number of aromatic carboxylic acids is 1. The third-order valence-corrected chi connectivity index (χ3v) is 1.95. The van der Waals surface area contributed by atoms with E-state index in [0.29, 0.717) is 5.56 Å². The van der Waals surface area contributed by atoms with Gasteiger partial charge in [0.25, 0.3) is 0 Å². The highest BCUT2D eigenvalue weighted by molar-refractivity contribution is 6.55. The molecule has 0 aliphatic carbocycles. The number of carboxylic acid groups (broad SMARTS) is 1. The first-order valence-corrected chi connectivity index (χ1v) is 4.55. The largest absolute Gasteiger partial charge is 0.477 e. The van der Waals surface area contributed by atoms with Crippen molar-refractivity contribution in [1.82, 2.24) is 9.78 Å². The third kappa shape index (κ3) is 2.49. The minimum atomic E-state index is -1.01. The van der Waals surface area contributed by atoms with Crippen LogP contribution in [0.2, 0.25) is 0 Å². The molecule has 0 aromatic carbocycles. The second-order valence-corrected chi connectivity index (χ2v) is 3.67. The number of aryl methyl sites for hydroxylation is 1. The lowest BCUT2D eigenvalue weighted by molar-refractivity contribution is 0.0683. The summed E-state index contributed by atoms with van der Waals surface area (Å²) in [6.07, 6.45) is 2.96. The minimum absolute atomic E-state index is 0.0921. The highest BCUT2D eigenvalue weighted by Gasteiger charge is 2.13. The van der Waals surface area contributed by atoms with Crippen molar-refractivity contribution in [1.29, 1.82) is 0 Å². The summed E-state index contributed by atoms with van der Waals surface area (Å²) in [5.74, 6) is -1.01. The molecule has 0 atom stereocenters. The van der Waals surface area contributed by atoms with Gasteiger partial charge < -0.3 is 5.11 Å². The molecule has 76 valence electrons. The Kier molecular flexibility index (Phi) is 3.55. The second kappa shape index (κ2) is 4.48. The van der Waals surface area contributed by atoms with Crippen molar-refractivity contribution < 1.29 is 9.90 Å². The fourth-order valence-electron chi connectivity index (χ4n) is 1.05. The molecule has 1 aromatic heterocycles. The van der Waals surface area contributed by atoms with Gasteiger partial charge in [-0.3, -0.25) is 4.68 Å². The highest BCUT2D eigenvalue weighted by atomic mass is 35.5. The Balaban J connectivity index is 2.98. The van der Waals surface area contributed by atoms with Crippen LogP contribution in [0.3, 0.4) is 0 Å². The number of hydrogen-bond donors (Lipinski definition) is 1. The van der Waals surface area contributed by atoms with Gasteiger partial charge in [0.2, 0.25) is 0 Å². The van der Waals surface area contributed by atoms with Crippen LogP contribution in [0.25, 0.3) is 0 Å². The minimum Gasteiger partial charge on any atom is -0.477 e. The molecule has 0 saturated heterocycles. The van der Waals surface area contributed by atoms with Crippen molar-refractivity contribution in [3.63, 3.8) is 0 Å². The van der Waals surface area contributed by atoms with E-state index in [-0.39, 0.29) is 16.7 Å². The molecule has 0 aliphatic heterocycles. The zero-order valence-electron chi connectivity index (χ0n) is 7.37. The van der Waals surface area contributed by atoms with Gasteiger partial charge in [-0.15, -0.1) is 0 Å². The van der Waals surface area contributed by atoms with Crippen LogP contribution in [0.1, 0.15) is 16.1 Å². The van der Waals surface area contributed by atoms with Gasteiger partial charge in [-0.25, -0.2) is 4.79 Å². The summed E-state index contributed by atoms with van der Waals surface area (Å²) in [5, 5.41) is 12.7. The maximum Gasteiger partial charge on any atom is 0.354 e. The Morgan fingerprint density at radius 1 is 1.71 bits per heavy atom. The summed E-state index contributed by atoms with van der Waals surface area (Å²) in [4.78, 5) is 10.8. The first kappa shape index (κ1) is 11.1. The average Bonchev–Trinajstić information content (AvgIpc) is 2.43. The number of rotatable bonds is 3. The van der Waals surface area contributed by atoms with Gasteiger partial charge in [0, 0.05) is 5.56 Å². The first-order valence-electron chi connectivity index (χ1n) is 3.79. The maximum atomic E-state index is 10.8. The molecule has 1 aromatic rings. The van der Waals surface area contributed by atoms with E-state index in [2.05, 4.69) is 5.10 Å². The van der Waals surface area contributed by atoms with Crippen molar-refractivity contribution in [3.8, 4) is 0 Å². The Labute approximate surface area is 90.7 Å². The predicted octanol–water partition coefficient (Wildman–Crippen LogP) is 2.21. The Bertz CT molecular complexity index is 381. The molecule has 14 heavy (non-hydrogen) atoms. The molecule has 6 heteroatoms. The zero-order chi connectivity index (χ0) is 10.7. The van der Waals surface area contributed by atoms with E-state index in [1.807, 2.05) is 0 Å². The van der Waals surface area contributed by atoms with Crippen molar-refractivity contribution in [2.75, 3.05) is 0 Å². The van der Waals surface area contributed by atoms with Crippen molar-refractivity contribution in [3.05, 3.63) is 28.0 Å². The van der Waals surface area contributed by atoms with E-state index in [9.17, 15) is 4.79 Å². The van der Waals surface area contributed by atoms with Gasteiger partial charge in [0.05, 0.1) is 12.7 Å². The number of aromatic nitrogens is 2. The zero-order valence-corrected chi connectivity index (χ0v) is 8.88. The highest BCUT2D eigenvalue weighted by Crippen LogP contribution is 2.10. The number of halogens is 2. The van der Waals surface area contributed by atoms with Crippen LogP contribution in [0.15, 0.2) is 16.8 Å². The number of hydrogen-bond acceptors (Lipinski definition) is 2. The summed E-state index contributed by atoms with van der Waals surface area (Å²) in [7, 11) is 0. The third-order valence-electron chi connectivity index (χ3n) is 1.64. The summed E-state index contributed by atoms with van der Waals surface area (Å²) in [6.45, 7) is 1.93. The Hall–Kier alpha value is -1.00. The molecule has 0 bridgehead atoms. The van der Waals surface area contributed by atoms with E-state index in [4.69, 9.17) is 28.3 Å². The van der Waals surface area contributed by atoms with Gasteiger partial charge in [0.1, 0.15) is 10.2 Å². The molecule has 0 unspecified atom stereocenters. The van der Waals surface area contributed by atoms with Crippen LogP contribution in [0.5, 0.6) is 0 Å². The van der Waals surface area contributed by atoms with Crippen LogP contribution in [-0.4, -0.2) is 20.9 Å². The average molecular weight is 235 g/mol. The summed E-state index contributed by atoms with van der Waals surface area (Å²) < 4.78 is 1.41. The number of carbonyl (C=O) groups is 1. The molecule has 1 N–H and O–H groups in total. The molecule has 0 aliphatic rings. The standard InChI is InChI=1S/C8H8Cl2N2O2/c1-5-4-11-12(3-2-6(9)10)7(5)8(13)14/h2,4H,3H2,1H3,(H,13,14). The van der Waals surface area contributed by atoms with E-state index in [0.717, 1.165) is 0 Å². The molecule has 0 saturated carbocycles. The van der Waals surface area contributed by atoms with Gasteiger partial charge >= 0.3 is 5.97 Å². The van der Waals surface area contributed by atoms with Crippen molar-refractivity contribution >= 4 is 29.2 Å². The van der Waals surface area contributed by atoms with Crippen LogP contribution in [0.4, 0.5) is 0 Å². The normalized spacial score (nSPS) is 9.93. The number of carboxylic acids is 1. The van der Waals surface area contributed by atoms with Gasteiger partial charge in [-0.2, -0.15) is 5.10 Å². The van der Waals surface area contributed by atoms with E-state index in [1.165, 1.54) is 17.0 Å². The van der Waals surface area contributed by atoms with Gasteiger partial charge in [0.15, 0.2) is 0 Å². The monoisotopic (exact) mass is 234 g/mol. The predicted molar refractivity (Wildman–Crippen MR) is 53.7 cm³/mol. The van der Waals surface area contributed by atoms with Crippen molar-refractivity contribution in [2.24, 2.45) is 0 Å². The van der Waals surface area contributed by atoms with E-state index >= 15 is 0 Å². The summed E-state index contributed by atoms with van der Waals surface area (Å²) in [6, 6.07) is 0. The topological polar surface area (TPSA) is 55.1 Å².